The Kier molecular flexibility index (Phi) is 11.7. The summed E-state index contributed by atoms with van der Waals surface area (Å²) >= 11 is 0. The van der Waals surface area contributed by atoms with E-state index in [1.807, 2.05) is 26.0 Å². The van der Waals surface area contributed by atoms with Crippen LogP contribution in [0.1, 0.15) is 57.9 Å². The third-order valence-electron chi connectivity index (χ3n) is 7.30. The first-order valence-corrected chi connectivity index (χ1v) is 13.0. The number of benzene rings is 1. The van der Waals surface area contributed by atoms with E-state index >= 15 is 0 Å². The number of phenols is 1. The lowest BCUT2D eigenvalue weighted by Crippen LogP contribution is -2.36. The number of allylic oxidation sites excluding steroid dienone is 5. The summed E-state index contributed by atoms with van der Waals surface area (Å²) in [5.74, 6) is 1.26. The topological polar surface area (TPSA) is 78.1 Å². The number of aromatic hydroxyl groups is 1. The van der Waals surface area contributed by atoms with Gasteiger partial charge in [-0.2, -0.15) is 0 Å². The van der Waals surface area contributed by atoms with Gasteiger partial charge in [-0.25, -0.2) is 0 Å². The number of aryl methyl sites for hydroxylation is 2. The molecule has 37 heavy (non-hydrogen) atoms. The van der Waals surface area contributed by atoms with E-state index in [-0.39, 0.29) is 46.2 Å². The van der Waals surface area contributed by atoms with Crippen LogP contribution in [-0.2, 0) is 22.3 Å². The molecule has 0 bridgehead atoms. The van der Waals surface area contributed by atoms with Gasteiger partial charge in [-0.3, -0.25) is 4.79 Å². The van der Waals surface area contributed by atoms with Gasteiger partial charge < -0.3 is 23.7 Å². The fraction of sp³-hybridized carbons (Fsp3) is 0.516. The number of phenolic OH excluding ortho intramolecular Hbond substituents is 1. The molecule has 0 fully saturated rings. The quantitative estimate of drug-likeness (QED) is 0.301. The monoisotopic (exact) mass is 512 g/mol. The molecular formula is C31H44O6. The lowest BCUT2D eigenvalue weighted by Gasteiger charge is -2.32. The van der Waals surface area contributed by atoms with Crippen molar-refractivity contribution >= 4 is 11.0 Å². The zero-order chi connectivity index (χ0) is 27.7. The number of ether oxygens (including phenoxy) is 3. The van der Waals surface area contributed by atoms with Gasteiger partial charge in [0.15, 0.2) is 16.8 Å². The molecule has 1 aromatic heterocycles. The SMILES string of the molecule is C\C=C(C)/C=C/C=C/C(OC)C(C)C(OC)C(C)CCc1oc2c(O)c(CC)cc(OC)c2c(=O)c1C. The fourth-order valence-corrected chi connectivity index (χ4v) is 4.79. The second kappa shape index (κ2) is 14.2. The van der Waals surface area contributed by atoms with Crippen molar-refractivity contribution < 1.29 is 23.7 Å². The third-order valence-corrected chi connectivity index (χ3v) is 7.30. The number of fused-ring (bicyclic) bond motifs is 1. The van der Waals surface area contributed by atoms with Crippen molar-refractivity contribution in [3.05, 3.63) is 69.1 Å². The van der Waals surface area contributed by atoms with E-state index in [2.05, 4.69) is 39.0 Å². The van der Waals surface area contributed by atoms with E-state index in [0.29, 0.717) is 35.5 Å². The van der Waals surface area contributed by atoms with Gasteiger partial charge in [-0.05, 0) is 45.6 Å². The Labute approximate surface area is 221 Å². The number of methoxy groups -OCH3 is 3. The highest BCUT2D eigenvalue weighted by Crippen LogP contribution is 2.36. The van der Waals surface area contributed by atoms with Crippen molar-refractivity contribution in [3.63, 3.8) is 0 Å². The number of hydrogen-bond acceptors (Lipinski definition) is 6. The Morgan fingerprint density at radius 2 is 1.86 bits per heavy atom. The molecule has 6 nitrogen and oxygen atoms in total. The van der Waals surface area contributed by atoms with Gasteiger partial charge in [0.2, 0.25) is 0 Å². The minimum Gasteiger partial charge on any atom is -0.504 e. The van der Waals surface area contributed by atoms with Crippen LogP contribution in [0.25, 0.3) is 11.0 Å². The van der Waals surface area contributed by atoms with E-state index in [1.54, 1.807) is 27.2 Å². The molecule has 2 aromatic rings. The van der Waals surface area contributed by atoms with E-state index in [4.69, 9.17) is 18.6 Å². The van der Waals surface area contributed by atoms with Gasteiger partial charge in [0.05, 0.1) is 19.3 Å². The van der Waals surface area contributed by atoms with Gasteiger partial charge in [0.25, 0.3) is 0 Å². The van der Waals surface area contributed by atoms with Crippen LogP contribution in [0, 0.1) is 18.8 Å². The highest BCUT2D eigenvalue weighted by atomic mass is 16.5. The molecule has 4 unspecified atom stereocenters. The molecule has 0 aliphatic rings. The van der Waals surface area contributed by atoms with E-state index in [1.165, 1.54) is 12.7 Å². The van der Waals surface area contributed by atoms with Gasteiger partial charge in [-0.15, -0.1) is 0 Å². The van der Waals surface area contributed by atoms with Crippen LogP contribution in [0.5, 0.6) is 11.5 Å². The molecule has 0 radical (unpaired) electrons. The smallest absolute Gasteiger partial charge is 0.199 e. The first kappa shape index (κ1) is 30.4. The maximum atomic E-state index is 13.2. The van der Waals surface area contributed by atoms with Crippen molar-refractivity contribution in [3.8, 4) is 11.5 Å². The summed E-state index contributed by atoms with van der Waals surface area (Å²) in [6.45, 7) is 12.0. The summed E-state index contributed by atoms with van der Waals surface area (Å²) in [6.07, 6.45) is 11.9. The Hall–Kier alpha value is -2.83. The Morgan fingerprint density at radius 1 is 1.16 bits per heavy atom. The minimum absolute atomic E-state index is 0.00137. The van der Waals surface area contributed by atoms with Gasteiger partial charge >= 0.3 is 0 Å². The summed E-state index contributed by atoms with van der Waals surface area (Å²) < 4.78 is 23.3. The van der Waals surface area contributed by atoms with Crippen LogP contribution < -0.4 is 10.2 Å². The molecule has 0 amide bonds. The van der Waals surface area contributed by atoms with Crippen molar-refractivity contribution in [2.24, 2.45) is 11.8 Å². The van der Waals surface area contributed by atoms with Gasteiger partial charge in [-0.1, -0.05) is 56.7 Å². The van der Waals surface area contributed by atoms with E-state index in [0.717, 1.165) is 6.42 Å². The molecule has 1 aromatic carbocycles. The molecule has 0 saturated heterocycles. The molecule has 4 atom stereocenters. The number of rotatable bonds is 13. The van der Waals surface area contributed by atoms with Crippen molar-refractivity contribution in [1.82, 2.24) is 0 Å². The van der Waals surface area contributed by atoms with Crippen LogP contribution in [0.2, 0.25) is 0 Å². The standard InChI is InChI=1S/C31H44O6/c1-10-19(3)14-12-13-15-24(34-7)22(6)30(36-9)20(4)16-17-25-21(5)28(32)27-26(35-8)18-23(11-2)29(33)31(27)37-25/h10,12-15,18,20,22,24,30,33H,11,16-17H2,1-9H3/b14-12+,15-13+,19-10-. The predicted molar refractivity (Wildman–Crippen MR) is 151 cm³/mol. The second-order valence-electron chi connectivity index (χ2n) is 9.68. The van der Waals surface area contributed by atoms with Gasteiger partial charge in [0.1, 0.15) is 16.9 Å². The molecule has 1 N–H and O–H groups in total. The van der Waals surface area contributed by atoms with Crippen molar-refractivity contribution in [2.75, 3.05) is 21.3 Å². The van der Waals surface area contributed by atoms with Crippen LogP contribution in [-0.4, -0.2) is 38.6 Å². The van der Waals surface area contributed by atoms with Crippen LogP contribution in [0.3, 0.4) is 0 Å². The van der Waals surface area contributed by atoms with Crippen molar-refractivity contribution in [2.45, 2.75) is 73.0 Å². The second-order valence-corrected chi connectivity index (χ2v) is 9.68. The molecule has 204 valence electrons. The molecule has 0 aliphatic heterocycles. The molecule has 0 spiro atoms. The molecule has 0 saturated carbocycles. The first-order valence-electron chi connectivity index (χ1n) is 13.0. The Balaban J connectivity index is 2.27. The maximum absolute atomic E-state index is 13.2. The Morgan fingerprint density at radius 3 is 2.43 bits per heavy atom. The lowest BCUT2D eigenvalue weighted by atomic mass is 9.85. The first-order chi connectivity index (χ1) is 17.6. The average Bonchev–Trinajstić information content (AvgIpc) is 2.90. The summed E-state index contributed by atoms with van der Waals surface area (Å²) in [5, 5.41) is 11.1. The van der Waals surface area contributed by atoms with Crippen molar-refractivity contribution in [1.29, 1.82) is 0 Å². The van der Waals surface area contributed by atoms with E-state index in [9.17, 15) is 9.90 Å². The van der Waals surface area contributed by atoms with E-state index < -0.39 is 0 Å². The fourth-order valence-electron chi connectivity index (χ4n) is 4.79. The zero-order valence-electron chi connectivity index (χ0n) is 23.9. The minimum atomic E-state index is -0.179. The number of hydrogen-bond donors (Lipinski definition) is 1. The normalized spacial score (nSPS) is 16.0. The summed E-state index contributed by atoms with van der Waals surface area (Å²) in [5.41, 5.74) is 2.42. The molecule has 2 rings (SSSR count). The Bertz CT molecular complexity index is 1190. The lowest BCUT2D eigenvalue weighted by molar-refractivity contribution is -0.0343. The maximum Gasteiger partial charge on any atom is 0.199 e. The summed E-state index contributed by atoms with van der Waals surface area (Å²) in [4.78, 5) is 13.2. The largest absolute Gasteiger partial charge is 0.504 e. The summed E-state index contributed by atoms with van der Waals surface area (Å²) in [6, 6.07) is 1.71. The van der Waals surface area contributed by atoms with Crippen LogP contribution >= 0.6 is 0 Å². The molecule has 0 aliphatic carbocycles. The van der Waals surface area contributed by atoms with Crippen LogP contribution in [0.15, 0.2) is 51.2 Å². The highest BCUT2D eigenvalue weighted by molar-refractivity contribution is 5.90. The predicted octanol–water partition coefficient (Wildman–Crippen LogP) is 6.69. The summed E-state index contributed by atoms with van der Waals surface area (Å²) in [7, 11) is 4.95. The molecule has 6 heteroatoms. The average molecular weight is 513 g/mol. The highest BCUT2D eigenvalue weighted by Gasteiger charge is 2.29. The van der Waals surface area contributed by atoms with Gasteiger partial charge in [0, 0.05) is 37.7 Å². The molecule has 1 heterocycles. The third kappa shape index (κ3) is 7.14. The molecular weight excluding hydrogens is 468 g/mol. The van der Waals surface area contributed by atoms with Crippen LogP contribution in [0.4, 0.5) is 0 Å². The zero-order valence-corrected chi connectivity index (χ0v) is 23.9.